The summed E-state index contributed by atoms with van der Waals surface area (Å²) in [6, 6.07) is 27.9. The Bertz CT molecular complexity index is 906. The number of rotatable bonds is 6. The Kier molecular flexibility index (Phi) is 4.78. The third-order valence-electron chi connectivity index (χ3n) is 5.45. The monoisotopic (exact) mass is 356 g/mol. The molecule has 0 aliphatic heterocycles. The van der Waals surface area contributed by atoms with Gasteiger partial charge in [-0.2, -0.15) is 0 Å². The molecule has 3 nitrogen and oxygen atoms in total. The SMILES string of the molecule is NC1(CCc2ccccc2)CC1c1ccc(NC(=O)c2ccccc2)cc1. The predicted molar refractivity (Wildman–Crippen MR) is 110 cm³/mol. The molecule has 1 amide bonds. The van der Waals surface area contributed by atoms with Crippen LogP contribution in [0.25, 0.3) is 0 Å². The fourth-order valence-corrected chi connectivity index (χ4v) is 3.66. The van der Waals surface area contributed by atoms with Crippen LogP contribution in [0, 0.1) is 0 Å². The van der Waals surface area contributed by atoms with Crippen molar-refractivity contribution >= 4 is 11.6 Å². The minimum atomic E-state index is -0.107. The van der Waals surface area contributed by atoms with Crippen LogP contribution in [-0.4, -0.2) is 11.4 Å². The first kappa shape index (κ1) is 17.5. The van der Waals surface area contributed by atoms with E-state index in [1.165, 1.54) is 11.1 Å². The highest BCUT2D eigenvalue weighted by Crippen LogP contribution is 2.52. The van der Waals surface area contributed by atoms with Crippen molar-refractivity contribution in [2.75, 3.05) is 5.32 Å². The maximum absolute atomic E-state index is 12.2. The van der Waals surface area contributed by atoms with Gasteiger partial charge in [-0.05, 0) is 54.7 Å². The molecule has 4 rings (SSSR count). The number of hydrogen-bond donors (Lipinski definition) is 2. The summed E-state index contributed by atoms with van der Waals surface area (Å²) in [5.41, 5.74) is 10.5. The molecule has 27 heavy (non-hydrogen) atoms. The van der Waals surface area contributed by atoms with E-state index in [4.69, 9.17) is 5.73 Å². The summed E-state index contributed by atoms with van der Waals surface area (Å²) in [6.07, 6.45) is 3.03. The molecule has 0 saturated heterocycles. The summed E-state index contributed by atoms with van der Waals surface area (Å²) in [7, 11) is 0. The zero-order valence-electron chi connectivity index (χ0n) is 15.3. The fourth-order valence-electron chi connectivity index (χ4n) is 3.66. The van der Waals surface area contributed by atoms with Gasteiger partial charge < -0.3 is 11.1 Å². The van der Waals surface area contributed by atoms with Crippen molar-refractivity contribution in [1.29, 1.82) is 0 Å². The summed E-state index contributed by atoms with van der Waals surface area (Å²) in [5.74, 6) is 0.311. The van der Waals surface area contributed by atoms with Crippen LogP contribution in [0.2, 0.25) is 0 Å². The molecule has 2 atom stereocenters. The van der Waals surface area contributed by atoms with E-state index in [0.717, 1.165) is 24.9 Å². The van der Waals surface area contributed by atoms with Gasteiger partial charge in [-0.15, -0.1) is 0 Å². The van der Waals surface area contributed by atoms with Gasteiger partial charge in [0.05, 0.1) is 0 Å². The standard InChI is InChI=1S/C24H24N2O/c25-24(16-15-18-7-3-1-4-8-18)17-22(24)19-11-13-21(14-12-19)26-23(27)20-9-5-2-6-10-20/h1-14,22H,15-17,25H2,(H,26,27). The Morgan fingerprint density at radius 2 is 1.56 bits per heavy atom. The smallest absolute Gasteiger partial charge is 0.255 e. The second-order valence-electron chi connectivity index (χ2n) is 7.42. The minimum Gasteiger partial charge on any atom is -0.325 e. The minimum absolute atomic E-state index is 0.0918. The third-order valence-corrected chi connectivity index (χ3v) is 5.45. The summed E-state index contributed by atoms with van der Waals surface area (Å²) in [5, 5.41) is 2.94. The van der Waals surface area contributed by atoms with Gasteiger partial charge in [-0.25, -0.2) is 0 Å². The van der Waals surface area contributed by atoms with Crippen molar-refractivity contribution in [3.63, 3.8) is 0 Å². The van der Waals surface area contributed by atoms with E-state index in [2.05, 4.69) is 41.7 Å². The van der Waals surface area contributed by atoms with E-state index in [9.17, 15) is 4.79 Å². The van der Waals surface area contributed by atoms with Gasteiger partial charge in [0, 0.05) is 22.7 Å². The van der Waals surface area contributed by atoms with Gasteiger partial charge in [0.25, 0.3) is 5.91 Å². The Balaban J connectivity index is 1.35. The quantitative estimate of drug-likeness (QED) is 0.669. The van der Waals surface area contributed by atoms with Crippen molar-refractivity contribution in [2.24, 2.45) is 5.73 Å². The van der Waals surface area contributed by atoms with Crippen LogP contribution >= 0.6 is 0 Å². The Morgan fingerprint density at radius 3 is 2.22 bits per heavy atom. The van der Waals surface area contributed by atoms with Crippen LogP contribution in [-0.2, 0) is 6.42 Å². The summed E-state index contributed by atoms with van der Waals surface area (Å²) in [6.45, 7) is 0. The second-order valence-corrected chi connectivity index (χ2v) is 7.42. The number of aryl methyl sites for hydroxylation is 1. The van der Waals surface area contributed by atoms with Crippen LogP contribution in [0.15, 0.2) is 84.9 Å². The molecule has 0 heterocycles. The number of carbonyl (C=O) groups is 1. The van der Waals surface area contributed by atoms with E-state index < -0.39 is 0 Å². The van der Waals surface area contributed by atoms with Gasteiger partial charge in [-0.1, -0.05) is 60.7 Å². The molecule has 2 unspecified atom stereocenters. The topological polar surface area (TPSA) is 55.1 Å². The average Bonchev–Trinajstić information content (AvgIpc) is 3.40. The lowest BCUT2D eigenvalue weighted by molar-refractivity contribution is 0.102. The van der Waals surface area contributed by atoms with Crippen molar-refractivity contribution in [3.05, 3.63) is 102 Å². The lowest BCUT2D eigenvalue weighted by atomic mass is 9.99. The summed E-state index contributed by atoms with van der Waals surface area (Å²) in [4.78, 5) is 12.2. The number of benzene rings is 3. The first-order chi connectivity index (χ1) is 13.1. The lowest BCUT2D eigenvalue weighted by Gasteiger charge is -2.12. The van der Waals surface area contributed by atoms with Gasteiger partial charge in [0.1, 0.15) is 0 Å². The number of hydrogen-bond acceptors (Lipinski definition) is 2. The number of amides is 1. The van der Waals surface area contributed by atoms with Crippen LogP contribution in [0.4, 0.5) is 5.69 Å². The van der Waals surface area contributed by atoms with Gasteiger partial charge >= 0.3 is 0 Å². The molecule has 1 saturated carbocycles. The Labute approximate surface area is 160 Å². The number of nitrogens with two attached hydrogens (primary N) is 1. The number of carbonyl (C=O) groups excluding carboxylic acids is 1. The van der Waals surface area contributed by atoms with E-state index in [0.29, 0.717) is 11.5 Å². The molecule has 0 aromatic heterocycles. The van der Waals surface area contributed by atoms with Gasteiger partial charge in [0.15, 0.2) is 0 Å². The van der Waals surface area contributed by atoms with E-state index in [-0.39, 0.29) is 11.4 Å². The maximum Gasteiger partial charge on any atom is 0.255 e. The molecule has 0 bridgehead atoms. The number of anilines is 1. The second kappa shape index (κ2) is 7.37. The predicted octanol–water partition coefficient (Wildman–Crippen LogP) is 4.76. The molecule has 3 N–H and O–H groups in total. The van der Waals surface area contributed by atoms with Gasteiger partial charge in [0.2, 0.25) is 0 Å². The molecular formula is C24H24N2O. The van der Waals surface area contributed by atoms with Crippen molar-refractivity contribution in [2.45, 2.75) is 30.7 Å². The maximum atomic E-state index is 12.2. The molecule has 1 aliphatic rings. The van der Waals surface area contributed by atoms with Crippen molar-refractivity contribution in [3.8, 4) is 0 Å². The highest BCUT2D eigenvalue weighted by molar-refractivity contribution is 6.04. The molecule has 1 fully saturated rings. The number of nitrogens with one attached hydrogen (secondary N) is 1. The molecule has 3 aromatic carbocycles. The largest absolute Gasteiger partial charge is 0.325 e. The molecule has 3 aromatic rings. The Morgan fingerprint density at radius 1 is 0.926 bits per heavy atom. The molecule has 3 heteroatoms. The summed E-state index contributed by atoms with van der Waals surface area (Å²) < 4.78 is 0. The van der Waals surface area contributed by atoms with Crippen LogP contribution in [0.5, 0.6) is 0 Å². The van der Waals surface area contributed by atoms with Crippen molar-refractivity contribution < 1.29 is 4.79 Å². The highest BCUT2D eigenvalue weighted by atomic mass is 16.1. The fraction of sp³-hybridized carbons (Fsp3) is 0.208. The summed E-state index contributed by atoms with van der Waals surface area (Å²) >= 11 is 0. The first-order valence-corrected chi connectivity index (χ1v) is 9.43. The molecule has 0 spiro atoms. The molecule has 1 aliphatic carbocycles. The molecule has 0 radical (unpaired) electrons. The highest BCUT2D eigenvalue weighted by Gasteiger charge is 2.50. The average molecular weight is 356 g/mol. The van der Waals surface area contributed by atoms with Crippen LogP contribution in [0.1, 0.15) is 40.2 Å². The van der Waals surface area contributed by atoms with Gasteiger partial charge in [-0.3, -0.25) is 4.79 Å². The first-order valence-electron chi connectivity index (χ1n) is 9.43. The van der Waals surface area contributed by atoms with Crippen LogP contribution < -0.4 is 11.1 Å². The van der Waals surface area contributed by atoms with E-state index >= 15 is 0 Å². The third kappa shape index (κ3) is 4.09. The normalized spacial score (nSPS) is 20.9. The molecule has 136 valence electrons. The van der Waals surface area contributed by atoms with Crippen molar-refractivity contribution in [1.82, 2.24) is 0 Å². The van der Waals surface area contributed by atoms with E-state index in [1.807, 2.05) is 48.5 Å². The zero-order chi connectivity index (χ0) is 18.7. The van der Waals surface area contributed by atoms with E-state index in [1.54, 1.807) is 0 Å². The lowest BCUT2D eigenvalue weighted by Crippen LogP contribution is -2.25. The molecular weight excluding hydrogens is 332 g/mol. The zero-order valence-corrected chi connectivity index (χ0v) is 15.3. The Hall–Kier alpha value is -2.91. The van der Waals surface area contributed by atoms with Crippen LogP contribution in [0.3, 0.4) is 0 Å².